The van der Waals surface area contributed by atoms with Gasteiger partial charge in [-0.3, -0.25) is 9.59 Å². The number of furan rings is 1. The Morgan fingerprint density at radius 1 is 1.03 bits per heavy atom. The molecular weight excluding hydrogens is 417 g/mol. The van der Waals surface area contributed by atoms with Gasteiger partial charge in [-0.2, -0.15) is 9.50 Å². The van der Waals surface area contributed by atoms with Crippen LogP contribution in [0.5, 0.6) is 0 Å². The summed E-state index contributed by atoms with van der Waals surface area (Å²) in [4.78, 5) is 29.0. The van der Waals surface area contributed by atoms with Crippen molar-refractivity contribution >= 4 is 28.2 Å². The van der Waals surface area contributed by atoms with Gasteiger partial charge in [0.15, 0.2) is 11.6 Å². The van der Waals surface area contributed by atoms with Crippen molar-refractivity contribution in [3.05, 3.63) is 92.7 Å². The third kappa shape index (κ3) is 3.57. The molecule has 0 amide bonds. The van der Waals surface area contributed by atoms with Crippen molar-refractivity contribution in [3.63, 3.8) is 0 Å². The molecule has 152 valence electrons. The van der Waals surface area contributed by atoms with E-state index in [-0.39, 0.29) is 17.2 Å². The van der Waals surface area contributed by atoms with Crippen LogP contribution >= 0.6 is 11.3 Å². The van der Waals surface area contributed by atoms with Crippen molar-refractivity contribution in [2.24, 2.45) is 0 Å². The largest absolute Gasteiger partial charge is 0.457 e. The maximum Gasteiger partial charge on any atom is 0.291 e. The quantitative estimate of drug-likeness (QED) is 0.403. The fraction of sp³-hybridized carbons (Fsp3) is 0.0435. The van der Waals surface area contributed by atoms with Gasteiger partial charge in [0.05, 0.1) is 0 Å². The number of hydrogen-bond acceptors (Lipinski definition) is 6. The smallest absolute Gasteiger partial charge is 0.291 e. The lowest BCUT2D eigenvalue weighted by Gasteiger charge is -1.98. The zero-order valence-electron chi connectivity index (χ0n) is 16.2. The van der Waals surface area contributed by atoms with Gasteiger partial charge in [0.1, 0.15) is 21.9 Å². The highest BCUT2D eigenvalue weighted by molar-refractivity contribution is 7.15. The number of fused-ring (bicyclic) bond motifs is 1. The third-order valence-electron chi connectivity index (χ3n) is 4.76. The third-order valence-corrected chi connectivity index (χ3v) is 5.72. The average molecular weight is 431 g/mol. The van der Waals surface area contributed by atoms with Gasteiger partial charge in [-0.15, -0.1) is 5.10 Å². The van der Waals surface area contributed by atoms with E-state index in [1.54, 1.807) is 36.4 Å². The number of carbonyl (C=O) groups is 1. The van der Waals surface area contributed by atoms with Crippen LogP contribution in [0.4, 0.5) is 4.39 Å². The molecule has 31 heavy (non-hydrogen) atoms. The Labute approximate surface area is 178 Å². The van der Waals surface area contributed by atoms with Crippen LogP contribution in [0.2, 0.25) is 0 Å². The molecule has 0 bridgehead atoms. The molecule has 3 aromatic heterocycles. The maximum atomic E-state index is 13.1. The number of thiazole rings is 1. The molecule has 0 aliphatic heterocycles. The minimum atomic E-state index is -0.348. The second-order valence-electron chi connectivity index (χ2n) is 6.89. The van der Waals surface area contributed by atoms with E-state index in [1.165, 1.54) is 34.9 Å². The van der Waals surface area contributed by atoms with Crippen LogP contribution in [0.1, 0.15) is 23.0 Å². The van der Waals surface area contributed by atoms with Gasteiger partial charge in [-0.1, -0.05) is 35.6 Å². The molecule has 5 aromatic rings. The van der Waals surface area contributed by atoms with Gasteiger partial charge in [0.2, 0.25) is 4.96 Å². The summed E-state index contributed by atoms with van der Waals surface area (Å²) in [5.74, 6) is 1.17. The second kappa shape index (κ2) is 7.41. The van der Waals surface area contributed by atoms with Crippen LogP contribution in [0.25, 0.3) is 33.7 Å². The summed E-state index contributed by atoms with van der Waals surface area (Å²) in [5.41, 5.74) is 1.80. The highest BCUT2D eigenvalue weighted by atomic mass is 32.1. The number of hydrogen-bond donors (Lipinski definition) is 0. The lowest BCUT2D eigenvalue weighted by Crippen LogP contribution is -2.23. The van der Waals surface area contributed by atoms with Crippen molar-refractivity contribution in [2.45, 2.75) is 6.92 Å². The topological polar surface area (TPSA) is 77.5 Å². The number of benzene rings is 2. The minimum absolute atomic E-state index is 0.00175. The lowest BCUT2D eigenvalue weighted by atomic mass is 10.1. The van der Waals surface area contributed by atoms with Crippen LogP contribution in [0.3, 0.4) is 0 Å². The summed E-state index contributed by atoms with van der Waals surface area (Å²) in [6.07, 6.45) is 1.65. The van der Waals surface area contributed by atoms with Crippen molar-refractivity contribution in [2.75, 3.05) is 0 Å². The zero-order chi connectivity index (χ0) is 21.5. The molecule has 5 rings (SSSR count). The summed E-state index contributed by atoms with van der Waals surface area (Å²) >= 11 is 1.20. The predicted molar refractivity (Wildman–Crippen MR) is 115 cm³/mol. The Morgan fingerprint density at radius 3 is 2.42 bits per heavy atom. The standard InChI is InChI=1S/C23H14FN3O3S/c1-13(28)14-2-4-15(5-3-14)19-11-10-18(30-19)12-20-22(29)27-23(31-20)25-21(26-27)16-6-8-17(24)9-7-16/h2-12H,1H3/b20-12-. The van der Waals surface area contributed by atoms with Crippen LogP contribution in [-0.4, -0.2) is 20.4 Å². The molecule has 3 heterocycles. The Bertz CT molecular complexity index is 1530. The normalized spacial score (nSPS) is 12.0. The molecule has 0 N–H and O–H groups in total. The first-order chi connectivity index (χ1) is 15.0. The molecule has 0 aliphatic rings. The Hall–Kier alpha value is -3.91. The zero-order valence-corrected chi connectivity index (χ0v) is 17.0. The van der Waals surface area contributed by atoms with Gasteiger partial charge in [-0.05, 0) is 43.3 Å². The summed E-state index contributed by atoms with van der Waals surface area (Å²) in [6, 6.07) is 16.5. The van der Waals surface area contributed by atoms with Gasteiger partial charge in [-0.25, -0.2) is 4.39 Å². The summed E-state index contributed by atoms with van der Waals surface area (Å²) in [6.45, 7) is 1.52. The Morgan fingerprint density at radius 2 is 1.74 bits per heavy atom. The van der Waals surface area contributed by atoms with Gasteiger partial charge < -0.3 is 4.42 Å². The van der Waals surface area contributed by atoms with Gasteiger partial charge in [0.25, 0.3) is 5.56 Å². The first-order valence-corrected chi connectivity index (χ1v) is 10.2. The van der Waals surface area contributed by atoms with Crippen molar-refractivity contribution in [1.29, 1.82) is 0 Å². The predicted octanol–water partition coefficient (Wildman–Crippen LogP) is 3.97. The van der Waals surface area contributed by atoms with E-state index in [1.807, 2.05) is 18.2 Å². The monoisotopic (exact) mass is 431 g/mol. The SMILES string of the molecule is CC(=O)c1ccc(-c2ccc(/C=c3\sc4nc(-c5ccc(F)cc5)nn4c3=O)o2)cc1. The minimum Gasteiger partial charge on any atom is -0.457 e. The molecule has 0 aliphatic carbocycles. The fourth-order valence-electron chi connectivity index (χ4n) is 3.14. The second-order valence-corrected chi connectivity index (χ2v) is 7.90. The highest BCUT2D eigenvalue weighted by Gasteiger charge is 2.13. The number of carbonyl (C=O) groups excluding carboxylic acids is 1. The first kappa shape index (κ1) is 19.1. The highest BCUT2D eigenvalue weighted by Crippen LogP contribution is 2.23. The Balaban J connectivity index is 1.47. The number of rotatable bonds is 4. The van der Waals surface area contributed by atoms with E-state index >= 15 is 0 Å². The van der Waals surface area contributed by atoms with E-state index in [4.69, 9.17) is 4.42 Å². The molecule has 0 fully saturated rings. The summed E-state index contributed by atoms with van der Waals surface area (Å²) in [5, 5.41) is 4.25. The Kier molecular flexibility index (Phi) is 4.56. The molecule has 2 aromatic carbocycles. The van der Waals surface area contributed by atoms with E-state index in [9.17, 15) is 14.0 Å². The number of Topliss-reactive ketones (excluding diaryl/α,β-unsaturated/α-hetero) is 1. The molecule has 8 heteroatoms. The fourth-order valence-corrected chi connectivity index (χ4v) is 4.03. The molecule has 0 unspecified atom stereocenters. The molecule has 0 atom stereocenters. The molecule has 6 nitrogen and oxygen atoms in total. The average Bonchev–Trinajstić information content (AvgIpc) is 3.47. The van der Waals surface area contributed by atoms with E-state index in [2.05, 4.69) is 10.1 Å². The number of nitrogens with zero attached hydrogens (tertiary/aromatic N) is 3. The molecule has 0 saturated heterocycles. The van der Waals surface area contributed by atoms with Crippen LogP contribution in [0, 0.1) is 5.82 Å². The van der Waals surface area contributed by atoms with Crippen molar-refractivity contribution in [1.82, 2.24) is 14.6 Å². The first-order valence-electron chi connectivity index (χ1n) is 9.36. The molecule has 0 spiro atoms. The summed E-state index contributed by atoms with van der Waals surface area (Å²) < 4.78 is 20.6. The summed E-state index contributed by atoms with van der Waals surface area (Å²) in [7, 11) is 0. The van der Waals surface area contributed by atoms with E-state index in [0.717, 1.165) is 5.56 Å². The maximum absolute atomic E-state index is 13.1. The molecule has 0 saturated carbocycles. The van der Waals surface area contributed by atoms with E-state index in [0.29, 0.717) is 38.0 Å². The molecule has 0 radical (unpaired) electrons. The van der Waals surface area contributed by atoms with Gasteiger partial charge in [0, 0.05) is 22.8 Å². The number of aromatic nitrogens is 3. The van der Waals surface area contributed by atoms with Gasteiger partial charge >= 0.3 is 0 Å². The van der Waals surface area contributed by atoms with Crippen LogP contribution in [-0.2, 0) is 0 Å². The number of ketones is 1. The van der Waals surface area contributed by atoms with Crippen LogP contribution in [0.15, 0.2) is 69.9 Å². The van der Waals surface area contributed by atoms with Crippen molar-refractivity contribution < 1.29 is 13.6 Å². The molecular formula is C23H14FN3O3S. The number of halogens is 1. The van der Waals surface area contributed by atoms with Crippen molar-refractivity contribution in [3.8, 4) is 22.7 Å². The van der Waals surface area contributed by atoms with Crippen LogP contribution < -0.4 is 10.1 Å². The lowest BCUT2D eigenvalue weighted by molar-refractivity contribution is 0.101. The van der Waals surface area contributed by atoms with E-state index < -0.39 is 0 Å².